The summed E-state index contributed by atoms with van der Waals surface area (Å²) in [4.78, 5) is 24.9. The number of esters is 2. The lowest BCUT2D eigenvalue weighted by atomic mass is 10.0. The van der Waals surface area contributed by atoms with Crippen molar-refractivity contribution in [1.82, 2.24) is 0 Å². The first-order valence-corrected chi connectivity index (χ1v) is 20.2. The van der Waals surface area contributed by atoms with E-state index in [1.54, 1.807) is 0 Å². The van der Waals surface area contributed by atoms with Crippen molar-refractivity contribution in [3.63, 3.8) is 0 Å². The summed E-state index contributed by atoms with van der Waals surface area (Å²) < 4.78 is 17.1. The van der Waals surface area contributed by atoms with E-state index >= 15 is 0 Å². The topological polar surface area (TPSA) is 61.8 Å². The van der Waals surface area contributed by atoms with Gasteiger partial charge >= 0.3 is 11.9 Å². The highest BCUT2D eigenvalue weighted by atomic mass is 16.6. The number of carbonyl (C=O) groups is 2. The average molecular weight is 651 g/mol. The van der Waals surface area contributed by atoms with Gasteiger partial charge < -0.3 is 14.2 Å². The second kappa shape index (κ2) is 38.1. The fourth-order valence-corrected chi connectivity index (χ4v) is 5.72. The summed E-state index contributed by atoms with van der Waals surface area (Å²) >= 11 is 0. The minimum atomic E-state index is -0.524. The number of allylic oxidation sites excluding steroid dienone is 2. The summed E-state index contributed by atoms with van der Waals surface area (Å²) in [6, 6.07) is 0. The normalized spacial score (nSPS) is 12.2. The Bertz CT molecular complexity index is 661. The molecule has 0 rings (SSSR count). The van der Waals surface area contributed by atoms with E-state index in [1.807, 2.05) is 0 Å². The number of carbonyl (C=O) groups excluding carboxylic acids is 2. The molecule has 0 aliphatic heterocycles. The van der Waals surface area contributed by atoms with Gasteiger partial charge in [0.05, 0.1) is 6.61 Å². The van der Waals surface area contributed by atoms with Crippen molar-refractivity contribution in [2.24, 2.45) is 0 Å². The van der Waals surface area contributed by atoms with Gasteiger partial charge in [-0.1, -0.05) is 174 Å². The molecule has 46 heavy (non-hydrogen) atoms. The third-order valence-electron chi connectivity index (χ3n) is 8.80. The van der Waals surface area contributed by atoms with Crippen LogP contribution in [-0.2, 0) is 23.8 Å². The molecule has 0 aliphatic rings. The minimum Gasteiger partial charge on any atom is -0.462 e. The maximum Gasteiger partial charge on any atom is 0.306 e. The Balaban J connectivity index is 4.08. The highest BCUT2D eigenvalue weighted by Crippen LogP contribution is 2.14. The van der Waals surface area contributed by atoms with E-state index in [-0.39, 0.29) is 25.2 Å². The molecule has 5 nitrogen and oxygen atoms in total. The van der Waals surface area contributed by atoms with Crippen LogP contribution in [0.3, 0.4) is 0 Å². The summed E-state index contributed by atoms with van der Waals surface area (Å²) in [7, 11) is 0. The summed E-state index contributed by atoms with van der Waals surface area (Å²) in [5, 5.41) is 0. The van der Waals surface area contributed by atoms with Gasteiger partial charge in [-0.15, -0.1) is 0 Å². The average Bonchev–Trinajstić information content (AvgIpc) is 3.05. The van der Waals surface area contributed by atoms with Crippen LogP contribution < -0.4 is 0 Å². The SMILES string of the molecule is CCCC/C=C\CCCCCCCCOCC(COC(=O)CCCCCCCCCCCCCCC)OC(=O)CCCCCCC. The number of hydrogen-bond donors (Lipinski definition) is 0. The molecule has 1 atom stereocenters. The van der Waals surface area contributed by atoms with Gasteiger partial charge in [-0.2, -0.15) is 0 Å². The largest absolute Gasteiger partial charge is 0.462 e. The first-order valence-electron chi connectivity index (χ1n) is 20.2. The Morgan fingerprint density at radius 1 is 0.457 bits per heavy atom. The standard InChI is InChI=1S/C41H78O5/c1-4-7-10-13-15-17-19-21-22-24-26-29-31-34-40(42)45-38-39(46-41(43)35-32-28-12-9-6-3)37-44-36-33-30-27-25-23-20-18-16-14-11-8-5-2/h14,16,39H,4-13,15,17-38H2,1-3H3/b16-14-. The predicted molar refractivity (Wildman–Crippen MR) is 196 cm³/mol. The van der Waals surface area contributed by atoms with Crippen LogP contribution in [0.25, 0.3) is 0 Å². The lowest BCUT2D eigenvalue weighted by Gasteiger charge is -2.18. The molecule has 1 unspecified atom stereocenters. The number of unbranched alkanes of at least 4 members (excludes halogenated alkanes) is 24. The second-order valence-electron chi connectivity index (χ2n) is 13.6. The van der Waals surface area contributed by atoms with Crippen molar-refractivity contribution < 1.29 is 23.8 Å². The lowest BCUT2D eigenvalue weighted by Crippen LogP contribution is -2.30. The molecule has 5 heteroatoms. The van der Waals surface area contributed by atoms with Crippen molar-refractivity contribution in [2.45, 2.75) is 219 Å². The summed E-state index contributed by atoms with van der Waals surface area (Å²) in [5.41, 5.74) is 0. The van der Waals surface area contributed by atoms with Crippen molar-refractivity contribution in [2.75, 3.05) is 19.8 Å². The van der Waals surface area contributed by atoms with E-state index in [0.717, 1.165) is 44.9 Å². The zero-order valence-corrected chi connectivity index (χ0v) is 31.1. The molecule has 0 spiro atoms. The van der Waals surface area contributed by atoms with E-state index < -0.39 is 6.10 Å². The summed E-state index contributed by atoms with van der Waals surface area (Å²) in [6.45, 7) is 7.73. The van der Waals surface area contributed by atoms with Crippen LogP contribution in [0.1, 0.15) is 213 Å². The highest BCUT2D eigenvalue weighted by Gasteiger charge is 2.17. The fraction of sp³-hybridized carbons (Fsp3) is 0.902. The second-order valence-corrected chi connectivity index (χ2v) is 13.6. The Hall–Kier alpha value is -1.36. The molecule has 0 aromatic heterocycles. The number of hydrogen-bond acceptors (Lipinski definition) is 5. The first kappa shape index (κ1) is 44.6. The smallest absolute Gasteiger partial charge is 0.306 e. The maximum absolute atomic E-state index is 12.5. The molecule has 0 aromatic rings. The predicted octanol–water partition coefficient (Wildman–Crippen LogP) is 12.8. The molecule has 0 bridgehead atoms. The number of rotatable bonds is 37. The van der Waals surface area contributed by atoms with E-state index in [1.165, 1.54) is 135 Å². The first-order chi connectivity index (χ1) is 22.6. The van der Waals surface area contributed by atoms with Crippen LogP contribution in [0.2, 0.25) is 0 Å². The molecule has 0 radical (unpaired) electrons. The monoisotopic (exact) mass is 651 g/mol. The van der Waals surface area contributed by atoms with E-state index in [2.05, 4.69) is 32.9 Å². The molecule has 0 N–H and O–H groups in total. The zero-order chi connectivity index (χ0) is 33.6. The van der Waals surface area contributed by atoms with E-state index in [4.69, 9.17) is 14.2 Å². The van der Waals surface area contributed by atoms with Crippen molar-refractivity contribution >= 4 is 11.9 Å². The van der Waals surface area contributed by atoms with E-state index in [9.17, 15) is 9.59 Å². The summed E-state index contributed by atoms with van der Waals surface area (Å²) in [6.07, 6.45) is 39.4. The molecule has 0 fully saturated rings. The lowest BCUT2D eigenvalue weighted by molar-refractivity contribution is -0.163. The van der Waals surface area contributed by atoms with Gasteiger partial charge in [0.1, 0.15) is 6.61 Å². The molecular formula is C41H78O5. The van der Waals surface area contributed by atoms with Crippen LogP contribution in [0, 0.1) is 0 Å². The molecule has 272 valence electrons. The van der Waals surface area contributed by atoms with Crippen LogP contribution in [0.5, 0.6) is 0 Å². The fourth-order valence-electron chi connectivity index (χ4n) is 5.72. The Kier molecular flexibility index (Phi) is 37.0. The molecule has 0 aromatic carbocycles. The number of ether oxygens (including phenoxy) is 3. The molecular weight excluding hydrogens is 572 g/mol. The van der Waals surface area contributed by atoms with Crippen molar-refractivity contribution in [3.8, 4) is 0 Å². The van der Waals surface area contributed by atoms with Gasteiger partial charge in [-0.05, 0) is 38.5 Å². The van der Waals surface area contributed by atoms with Gasteiger partial charge in [-0.25, -0.2) is 0 Å². The zero-order valence-electron chi connectivity index (χ0n) is 31.1. The van der Waals surface area contributed by atoms with Crippen LogP contribution in [0.15, 0.2) is 12.2 Å². The quantitative estimate of drug-likeness (QED) is 0.0380. The van der Waals surface area contributed by atoms with Gasteiger partial charge in [0.15, 0.2) is 6.10 Å². The molecule has 0 saturated carbocycles. The van der Waals surface area contributed by atoms with E-state index in [0.29, 0.717) is 19.4 Å². The summed E-state index contributed by atoms with van der Waals surface area (Å²) in [5.74, 6) is -0.405. The minimum absolute atomic E-state index is 0.0890. The molecule has 0 amide bonds. The van der Waals surface area contributed by atoms with Crippen molar-refractivity contribution in [3.05, 3.63) is 12.2 Å². The van der Waals surface area contributed by atoms with Gasteiger partial charge in [-0.3, -0.25) is 9.59 Å². The maximum atomic E-state index is 12.5. The Morgan fingerprint density at radius 3 is 1.39 bits per heavy atom. The van der Waals surface area contributed by atoms with Crippen molar-refractivity contribution in [1.29, 1.82) is 0 Å². The van der Waals surface area contributed by atoms with Crippen LogP contribution in [0.4, 0.5) is 0 Å². The highest BCUT2D eigenvalue weighted by molar-refractivity contribution is 5.70. The molecule has 0 aliphatic carbocycles. The third-order valence-corrected chi connectivity index (χ3v) is 8.80. The van der Waals surface area contributed by atoms with Crippen LogP contribution >= 0.6 is 0 Å². The Labute approximate surface area is 286 Å². The van der Waals surface area contributed by atoms with Gasteiger partial charge in [0.25, 0.3) is 0 Å². The van der Waals surface area contributed by atoms with Gasteiger partial charge in [0.2, 0.25) is 0 Å². The van der Waals surface area contributed by atoms with Gasteiger partial charge in [0, 0.05) is 19.4 Å². The molecule has 0 heterocycles. The Morgan fingerprint density at radius 2 is 0.870 bits per heavy atom. The molecule has 0 saturated heterocycles. The van der Waals surface area contributed by atoms with Crippen LogP contribution in [-0.4, -0.2) is 37.9 Å². The third kappa shape index (κ3) is 35.5.